The number of hydrogen-bond donors (Lipinski definition) is 1. The third-order valence-electron chi connectivity index (χ3n) is 6.77. The molecule has 1 atom stereocenters. The van der Waals surface area contributed by atoms with E-state index in [4.69, 9.17) is 4.42 Å². The van der Waals surface area contributed by atoms with Crippen LogP contribution in [0.5, 0.6) is 0 Å². The Morgan fingerprint density at radius 2 is 1.78 bits per heavy atom. The number of aromatic nitrogens is 1. The van der Waals surface area contributed by atoms with E-state index >= 15 is 0 Å². The van der Waals surface area contributed by atoms with Gasteiger partial charge in [-0.2, -0.15) is 4.98 Å². The fraction of sp³-hybridized carbons (Fsp3) is 0.333. The number of likely N-dealkylation sites (tertiary alicyclic amines) is 1. The van der Waals surface area contributed by atoms with E-state index in [1.165, 1.54) is 12.5 Å². The zero-order valence-corrected chi connectivity index (χ0v) is 18.6. The van der Waals surface area contributed by atoms with Gasteiger partial charge in [0.1, 0.15) is 12.0 Å². The molecule has 1 fully saturated rings. The lowest BCUT2D eigenvalue weighted by Gasteiger charge is -2.40. The number of fused-ring (bicyclic) bond motifs is 2. The third kappa shape index (κ3) is 3.68. The lowest BCUT2D eigenvalue weighted by molar-refractivity contribution is 0.166. The first-order chi connectivity index (χ1) is 15.4. The molecule has 2 aromatic carbocycles. The highest BCUT2D eigenvalue weighted by Crippen LogP contribution is 2.53. The van der Waals surface area contributed by atoms with E-state index in [1.807, 2.05) is 54.6 Å². The van der Waals surface area contributed by atoms with Gasteiger partial charge in [0.15, 0.2) is 9.84 Å². The van der Waals surface area contributed by atoms with E-state index in [2.05, 4.69) is 10.3 Å². The molecule has 2 aliphatic rings. The molecule has 1 aromatic heterocycles. The van der Waals surface area contributed by atoms with Gasteiger partial charge in [0.2, 0.25) is 0 Å². The summed E-state index contributed by atoms with van der Waals surface area (Å²) in [6, 6.07) is 17.4. The zero-order valence-electron chi connectivity index (χ0n) is 17.8. The first-order valence-electron chi connectivity index (χ1n) is 10.7. The van der Waals surface area contributed by atoms with Crippen LogP contribution in [0, 0.1) is 0 Å². The van der Waals surface area contributed by atoms with Crippen molar-refractivity contribution < 1.29 is 17.6 Å². The molecule has 1 spiro atoms. The van der Waals surface area contributed by atoms with Crippen LogP contribution in [0.25, 0.3) is 11.3 Å². The van der Waals surface area contributed by atoms with Crippen molar-refractivity contribution in [3.8, 4) is 11.3 Å². The van der Waals surface area contributed by atoms with Crippen molar-refractivity contribution >= 4 is 21.9 Å². The van der Waals surface area contributed by atoms with Crippen molar-refractivity contribution in [3.05, 3.63) is 72.0 Å². The van der Waals surface area contributed by atoms with Crippen molar-refractivity contribution in [1.29, 1.82) is 0 Å². The van der Waals surface area contributed by atoms with Crippen LogP contribution in [-0.4, -0.2) is 43.7 Å². The molecular formula is C24H25N3O4S. The number of nitrogens with zero attached hydrogens (tertiary/aromatic N) is 2. The third-order valence-corrected chi connectivity index (χ3v) is 8.22. The Kier molecular flexibility index (Phi) is 5.04. The SMILES string of the molecule is CS(=O)(=O)C1CC2(CCN(C(=O)Nc3nc(-c4ccccc4)co3)CC2)c2ccccc21. The largest absolute Gasteiger partial charge is 0.431 e. The molecule has 32 heavy (non-hydrogen) atoms. The molecule has 7 nitrogen and oxygen atoms in total. The topological polar surface area (TPSA) is 92.5 Å². The molecule has 1 saturated heterocycles. The maximum absolute atomic E-state index is 12.8. The number of anilines is 1. The smallest absolute Gasteiger partial charge is 0.325 e. The standard InChI is InChI=1S/C24H25N3O4S/c1-32(29,30)21-15-24(19-10-6-5-9-18(19)21)11-13-27(14-12-24)23(28)26-22-25-20(16-31-22)17-7-3-2-4-8-17/h2-10,16,21H,11-15H2,1H3,(H,25,26,28). The summed E-state index contributed by atoms with van der Waals surface area (Å²) >= 11 is 0. The Balaban J connectivity index is 1.27. The van der Waals surface area contributed by atoms with Crippen molar-refractivity contribution in [1.82, 2.24) is 9.88 Å². The molecule has 1 aliphatic heterocycles. The number of sulfone groups is 1. The van der Waals surface area contributed by atoms with Crippen molar-refractivity contribution in [2.75, 3.05) is 24.7 Å². The molecule has 8 heteroatoms. The van der Waals surface area contributed by atoms with Crippen LogP contribution < -0.4 is 5.32 Å². The van der Waals surface area contributed by atoms with Crippen LogP contribution >= 0.6 is 0 Å². The van der Waals surface area contributed by atoms with E-state index in [0.29, 0.717) is 25.2 Å². The minimum atomic E-state index is -3.20. The first-order valence-corrected chi connectivity index (χ1v) is 12.7. The van der Waals surface area contributed by atoms with Crippen LogP contribution in [0.15, 0.2) is 65.3 Å². The highest BCUT2D eigenvalue weighted by molar-refractivity contribution is 7.90. The van der Waals surface area contributed by atoms with E-state index in [0.717, 1.165) is 29.5 Å². The van der Waals surface area contributed by atoms with E-state index in [1.54, 1.807) is 4.90 Å². The number of carbonyl (C=O) groups excluding carboxylic acids is 1. The molecule has 0 saturated carbocycles. The molecule has 2 amide bonds. The number of carbonyl (C=O) groups is 1. The summed E-state index contributed by atoms with van der Waals surface area (Å²) in [5, 5.41) is 2.28. The van der Waals surface area contributed by atoms with Crippen molar-refractivity contribution in [2.24, 2.45) is 0 Å². The van der Waals surface area contributed by atoms with Crippen LogP contribution in [0.4, 0.5) is 10.8 Å². The lowest BCUT2D eigenvalue weighted by Crippen LogP contribution is -2.46. The van der Waals surface area contributed by atoms with E-state index < -0.39 is 15.1 Å². The van der Waals surface area contributed by atoms with Crippen LogP contribution in [0.1, 0.15) is 35.6 Å². The second kappa shape index (κ2) is 7.78. The molecule has 0 bridgehead atoms. The molecular weight excluding hydrogens is 426 g/mol. The predicted molar refractivity (Wildman–Crippen MR) is 122 cm³/mol. The van der Waals surface area contributed by atoms with Crippen LogP contribution in [0.2, 0.25) is 0 Å². The van der Waals surface area contributed by atoms with Gasteiger partial charge in [-0.05, 0) is 30.4 Å². The Morgan fingerprint density at radius 1 is 1.09 bits per heavy atom. The van der Waals surface area contributed by atoms with Crippen molar-refractivity contribution in [2.45, 2.75) is 29.9 Å². The van der Waals surface area contributed by atoms with Gasteiger partial charge in [-0.3, -0.25) is 5.32 Å². The minimum Gasteiger partial charge on any atom is -0.431 e. The Hall–Kier alpha value is -3.13. The highest BCUT2D eigenvalue weighted by Gasteiger charge is 2.48. The monoisotopic (exact) mass is 451 g/mol. The molecule has 166 valence electrons. The average molecular weight is 452 g/mol. The van der Waals surface area contributed by atoms with Gasteiger partial charge in [-0.25, -0.2) is 13.2 Å². The Morgan fingerprint density at radius 3 is 2.50 bits per heavy atom. The normalized spacial score (nSPS) is 19.7. The fourth-order valence-electron chi connectivity index (χ4n) is 5.07. The number of amides is 2. The van der Waals surface area contributed by atoms with Gasteiger partial charge in [0, 0.05) is 30.3 Å². The number of urea groups is 1. The molecule has 5 rings (SSSR count). The predicted octanol–water partition coefficient (Wildman–Crippen LogP) is 4.40. The number of benzene rings is 2. The minimum absolute atomic E-state index is 0.164. The number of oxazole rings is 1. The fourth-order valence-corrected chi connectivity index (χ4v) is 6.36. The van der Waals surface area contributed by atoms with Crippen molar-refractivity contribution in [3.63, 3.8) is 0 Å². The summed E-state index contributed by atoms with van der Waals surface area (Å²) in [4.78, 5) is 18.9. The number of piperidine rings is 1. The molecule has 3 aromatic rings. The van der Waals surface area contributed by atoms with E-state index in [9.17, 15) is 13.2 Å². The summed E-state index contributed by atoms with van der Waals surface area (Å²) in [7, 11) is -3.20. The summed E-state index contributed by atoms with van der Waals surface area (Å²) < 4.78 is 30.3. The highest BCUT2D eigenvalue weighted by atomic mass is 32.2. The zero-order chi connectivity index (χ0) is 22.3. The lowest BCUT2D eigenvalue weighted by atomic mass is 9.74. The second-order valence-electron chi connectivity index (χ2n) is 8.71. The molecule has 1 N–H and O–H groups in total. The quantitative estimate of drug-likeness (QED) is 0.637. The summed E-state index contributed by atoms with van der Waals surface area (Å²) in [5.74, 6) is 0. The van der Waals surface area contributed by atoms with Gasteiger partial charge < -0.3 is 9.32 Å². The van der Waals surface area contributed by atoms with Crippen LogP contribution in [0.3, 0.4) is 0 Å². The number of rotatable bonds is 3. The van der Waals surface area contributed by atoms with Gasteiger partial charge >= 0.3 is 12.0 Å². The second-order valence-corrected chi connectivity index (χ2v) is 10.9. The number of hydrogen-bond acceptors (Lipinski definition) is 5. The molecule has 1 aliphatic carbocycles. The number of nitrogens with one attached hydrogen (secondary N) is 1. The molecule has 0 radical (unpaired) electrons. The Bertz CT molecular complexity index is 1250. The summed E-state index contributed by atoms with van der Waals surface area (Å²) in [5.41, 5.74) is 3.41. The summed E-state index contributed by atoms with van der Waals surface area (Å²) in [6.45, 7) is 1.09. The molecule has 1 unspecified atom stereocenters. The Labute approximate surface area is 187 Å². The molecule has 2 heterocycles. The average Bonchev–Trinajstić information content (AvgIpc) is 3.38. The maximum atomic E-state index is 12.8. The van der Waals surface area contributed by atoms with Gasteiger partial charge in [-0.15, -0.1) is 0 Å². The van der Waals surface area contributed by atoms with E-state index in [-0.39, 0.29) is 17.5 Å². The van der Waals surface area contributed by atoms with Gasteiger partial charge in [0.25, 0.3) is 0 Å². The van der Waals surface area contributed by atoms with Gasteiger partial charge in [-0.1, -0.05) is 54.6 Å². The summed E-state index contributed by atoms with van der Waals surface area (Å²) in [6.07, 6.45) is 4.88. The maximum Gasteiger partial charge on any atom is 0.325 e. The van der Waals surface area contributed by atoms with Crippen LogP contribution in [-0.2, 0) is 15.3 Å². The van der Waals surface area contributed by atoms with Gasteiger partial charge in [0.05, 0.1) is 5.25 Å². The first kappa shape index (κ1) is 20.8.